The molecular weight excluding hydrogens is 269 g/mol. The lowest BCUT2D eigenvalue weighted by Gasteiger charge is -2.22. The Hall–Kier alpha value is -0.980. The monoisotopic (exact) mass is 287 g/mol. The van der Waals surface area contributed by atoms with Gasteiger partial charge in [-0.1, -0.05) is 18.2 Å². The molecule has 0 aliphatic heterocycles. The molecule has 0 aromatic heterocycles. The minimum absolute atomic E-state index is 0.0152. The van der Waals surface area contributed by atoms with Gasteiger partial charge in [0.1, 0.15) is 5.82 Å². The Morgan fingerprint density at radius 1 is 1.37 bits per heavy atom. The first-order valence-corrected chi connectivity index (χ1v) is 7.87. The summed E-state index contributed by atoms with van der Waals surface area (Å²) in [5.41, 5.74) is 0.412. The molecule has 0 unspecified atom stereocenters. The van der Waals surface area contributed by atoms with Crippen LogP contribution < -0.4 is 0 Å². The van der Waals surface area contributed by atoms with Gasteiger partial charge < -0.3 is 4.74 Å². The second kappa shape index (κ2) is 5.98. The molecule has 1 aliphatic rings. The van der Waals surface area contributed by atoms with Crippen LogP contribution in [0.1, 0.15) is 18.4 Å². The maximum atomic E-state index is 13.6. The zero-order chi connectivity index (χ0) is 13.9. The van der Waals surface area contributed by atoms with Crippen molar-refractivity contribution < 1.29 is 17.5 Å². The van der Waals surface area contributed by atoms with E-state index in [0.717, 1.165) is 12.8 Å². The molecule has 2 rings (SSSR count). The van der Waals surface area contributed by atoms with Gasteiger partial charge in [0.05, 0.1) is 12.4 Å². The van der Waals surface area contributed by atoms with Gasteiger partial charge in [-0.05, 0) is 18.9 Å². The van der Waals surface area contributed by atoms with E-state index in [4.69, 9.17) is 4.74 Å². The van der Waals surface area contributed by atoms with Crippen molar-refractivity contribution in [3.05, 3.63) is 35.6 Å². The number of nitrogens with zero attached hydrogens (tertiary/aromatic N) is 1. The van der Waals surface area contributed by atoms with Crippen LogP contribution in [0.3, 0.4) is 0 Å². The van der Waals surface area contributed by atoms with Gasteiger partial charge in [0.2, 0.25) is 10.0 Å². The number of hydrogen-bond donors (Lipinski definition) is 0. The minimum atomic E-state index is -3.39. The summed E-state index contributed by atoms with van der Waals surface area (Å²) in [7, 11) is -1.93. The maximum absolute atomic E-state index is 13.6. The predicted molar refractivity (Wildman–Crippen MR) is 70.6 cm³/mol. The summed E-state index contributed by atoms with van der Waals surface area (Å²) in [4.78, 5) is 0. The third-order valence-electron chi connectivity index (χ3n) is 3.14. The normalized spacial score (nSPS) is 15.9. The van der Waals surface area contributed by atoms with Crippen LogP contribution in [-0.2, 0) is 21.3 Å². The first kappa shape index (κ1) is 14.4. The third kappa shape index (κ3) is 3.75. The fraction of sp³-hybridized carbons (Fsp3) is 0.538. The van der Waals surface area contributed by atoms with Crippen molar-refractivity contribution in [2.45, 2.75) is 25.4 Å². The van der Waals surface area contributed by atoms with Crippen LogP contribution in [0.25, 0.3) is 0 Å². The molecule has 106 valence electrons. The van der Waals surface area contributed by atoms with Gasteiger partial charge in [0.15, 0.2) is 0 Å². The SMILES string of the molecule is COCCS(=O)(=O)N(Cc1ccccc1F)C1CC1. The average molecular weight is 287 g/mol. The molecule has 0 heterocycles. The van der Waals surface area contributed by atoms with E-state index in [9.17, 15) is 12.8 Å². The fourth-order valence-corrected chi connectivity index (χ4v) is 3.53. The molecule has 0 radical (unpaired) electrons. The molecule has 1 aromatic carbocycles. The Balaban J connectivity index is 2.15. The van der Waals surface area contributed by atoms with Crippen LogP contribution in [0.15, 0.2) is 24.3 Å². The van der Waals surface area contributed by atoms with Crippen LogP contribution in [0, 0.1) is 5.82 Å². The highest BCUT2D eigenvalue weighted by Crippen LogP contribution is 2.31. The number of rotatable bonds is 7. The largest absolute Gasteiger partial charge is 0.384 e. The molecule has 19 heavy (non-hydrogen) atoms. The van der Waals surface area contributed by atoms with Crippen molar-refractivity contribution in [1.82, 2.24) is 4.31 Å². The first-order valence-electron chi connectivity index (χ1n) is 6.26. The highest BCUT2D eigenvalue weighted by molar-refractivity contribution is 7.89. The quantitative estimate of drug-likeness (QED) is 0.768. The smallest absolute Gasteiger partial charge is 0.216 e. The molecule has 0 atom stereocenters. The van der Waals surface area contributed by atoms with E-state index < -0.39 is 10.0 Å². The fourth-order valence-electron chi connectivity index (χ4n) is 1.92. The lowest BCUT2D eigenvalue weighted by atomic mass is 10.2. The van der Waals surface area contributed by atoms with E-state index in [1.807, 2.05) is 0 Å². The van der Waals surface area contributed by atoms with E-state index >= 15 is 0 Å². The molecule has 1 saturated carbocycles. The first-order chi connectivity index (χ1) is 9.04. The van der Waals surface area contributed by atoms with Crippen LogP contribution in [-0.4, -0.2) is 38.2 Å². The van der Waals surface area contributed by atoms with Crippen molar-refractivity contribution in [2.24, 2.45) is 0 Å². The van der Waals surface area contributed by atoms with E-state index in [1.165, 1.54) is 17.5 Å². The third-order valence-corrected chi connectivity index (χ3v) is 4.97. The molecule has 4 nitrogen and oxygen atoms in total. The number of halogens is 1. The summed E-state index contributed by atoms with van der Waals surface area (Å²) >= 11 is 0. The van der Waals surface area contributed by atoms with Gasteiger partial charge in [0.25, 0.3) is 0 Å². The Morgan fingerprint density at radius 2 is 2.05 bits per heavy atom. The predicted octanol–water partition coefficient (Wildman–Crippen LogP) is 1.77. The van der Waals surface area contributed by atoms with Crippen LogP contribution in [0.2, 0.25) is 0 Å². The molecule has 6 heteroatoms. The van der Waals surface area contributed by atoms with Crippen molar-refractivity contribution in [1.29, 1.82) is 0 Å². The number of hydrogen-bond acceptors (Lipinski definition) is 3. The van der Waals surface area contributed by atoms with Crippen LogP contribution >= 0.6 is 0 Å². The summed E-state index contributed by atoms with van der Waals surface area (Å²) in [5, 5.41) is 0. The van der Waals surface area contributed by atoms with Gasteiger partial charge in [-0.2, -0.15) is 4.31 Å². The van der Waals surface area contributed by atoms with Crippen molar-refractivity contribution >= 4 is 10.0 Å². The average Bonchev–Trinajstić information content (AvgIpc) is 3.19. The molecule has 0 bridgehead atoms. The highest BCUT2D eigenvalue weighted by Gasteiger charge is 2.37. The Morgan fingerprint density at radius 3 is 2.63 bits per heavy atom. The molecule has 0 spiro atoms. The van der Waals surface area contributed by atoms with Crippen molar-refractivity contribution in [3.63, 3.8) is 0 Å². The van der Waals surface area contributed by atoms with E-state index in [-0.39, 0.29) is 30.8 Å². The van der Waals surface area contributed by atoms with E-state index in [2.05, 4.69) is 0 Å². The second-order valence-electron chi connectivity index (χ2n) is 4.68. The number of ether oxygens (including phenoxy) is 1. The molecule has 0 amide bonds. The topological polar surface area (TPSA) is 46.6 Å². The molecule has 1 fully saturated rings. The molecular formula is C13H18FNO3S. The summed E-state index contributed by atoms with van der Waals surface area (Å²) < 4.78 is 44.3. The summed E-state index contributed by atoms with van der Waals surface area (Å²) in [6, 6.07) is 6.30. The number of sulfonamides is 1. The molecule has 1 aromatic rings. The molecule has 0 saturated heterocycles. The van der Waals surface area contributed by atoms with E-state index in [1.54, 1.807) is 18.2 Å². The zero-order valence-corrected chi connectivity index (χ0v) is 11.7. The molecule has 1 aliphatic carbocycles. The van der Waals surface area contributed by atoms with Crippen LogP contribution in [0.5, 0.6) is 0 Å². The molecule has 0 N–H and O–H groups in total. The Kier molecular flexibility index (Phi) is 4.54. The number of methoxy groups -OCH3 is 1. The summed E-state index contributed by atoms with van der Waals surface area (Å²) in [6.45, 7) is 0.256. The van der Waals surface area contributed by atoms with Gasteiger partial charge in [0, 0.05) is 25.3 Å². The van der Waals surface area contributed by atoms with Gasteiger partial charge in [-0.15, -0.1) is 0 Å². The summed E-state index contributed by atoms with van der Waals surface area (Å²) in [6.07, 6.45) is 1.70. The van der Waals surface area contributed by atoms with Crippen LogP contribution in [0.4, 0.5) is 4.39 Å². The van der Waals surface area contributed by atoms with Gasteiger partial charge in [-0.25, -0.2) is 12.8 Å². The second-order valence-corrected chi connectivity index (χ2v) is 6.72. The van der Waals surface area contributed by atoms with Crippen molar-refractivity contribution in [2.75, 3.05) is 19.5 Å². The lowest BCUT2D eigenvalue weighted by molar-refractivity contribution is 0.215. The van der Waals surface area contributed by atoms with E-state index in [0.29, 0.717) is 5.56 Å². The summed E-state index contributed by atoms with van der Waals surface area (Å²) in [5.74, 6) is -0.427. The standard InChI is InChI=1S/C13H18FNO3S/c1-18-8-9-19(16,17)15(12-6-7-12)10-11-4-2-3-5-13(11)14/h2-5,12H,6-10H2,1H3. The lowest BCUT2D eigenvalue weighted by Crippen LogP contribution is -2.35. The number of benzene rings is 1. The zero-order valence-electron chi connectivity index (χ0n) is 10.9. The Bertz CT molecular complexity index is 528. The Labute approximate surface area is 113 Å². The van der Waals surface area contributed by atoms with Gasteiger partial charge >= 0.3 is 0 Å². The van der Waals surface area contributed by atoms with Crippen molar-refractivity contribution in [3.8, 4) is 0 Å². The minimum Gasteiger partial charge on any atom is -0.384 e. The maximum Gasteiger partial charge on any atom is 0.216 e. The van der Waals surface area contributed by atoms with Gasteiger partial charge in [-0.3, -0.25) is 0 Å². The highest BCUT2D eigenvalue weighted by atomic mass is 32.2.